The van der Waals surface area contributed by atoms with Gasteiger partial charge in [-0.15, -0.1) is 6.42 Å². The first-order valence-electron chi connectivity index (χ1n) is 8.55. The molecule has 0 unspecified atom stereocenters. The van der Waals surface area contributed by atoms with Gasteiger partial charge in [-0.1, -0.05) is 25.3 Å². The molecule has 1 aromatic heterocycles. The van der Waals surface area contributed by atoms with Gasteiger partial charge in [0.25, 0.3) is 17.6 Å². The van der Waals surface area contributed by atoms with Crippen molar-refractivity contribution in [2.45, 2.75) is 18.7 Å². The number of hydrogen-bond acceptors (Lipinski definition) is 3. The largest absolute Gasteiger partial charge is 0.343 e. The van der Waals surface area contributed by atoms with E-state index in [2.05, 4.69) is 16.6 Å². The first kappa shape index (κ1) is 23.9. The molecule has 0 aliphatic carbocycles. The number of carbonyl (C=O) groups excluding carboxylic acids is 3. The zero-order chi connectivity index (χ0) is 23.8. The molecule has 31 heavy (non-hydrogen) atoms. The molecule has 168 valence electrons. The molecule has 12 heteroatoms. The third-order valence-corrected chi connectivity index (χ3v) is 5.65. The van der Waals surface area contributed by atoms with Crippen LogP contribution in [0.3, 0.4) is 0 Å². The summed E-state index contributed by atoms with van der Waals surface area (Å²) in [6.45, 7) is 2.74. The van der Waals surface area contributed by atoms with Crippen LogP contribution in [0.1, 0.15) is 32.1 Å². The summed E-state index contributed by atoms with van der Waals surface area (Å²) in [6, 6.07) is 1.72. The van der Waals surface area contributed by atoms with Gasteiger partial charge in [0.05, 0.1) is 12.1 Å². The van der Waals surface area contributed by atoms with E-state index in [1.165, 1.54) is 25.5 Å². The van der Waals surface area contributed by atoms with E-state index in [-0.39, 0.29) is 41.2 Å². The maximum Gasteiger partial charge on any atom is 0.310 e. The monoisotopic (exact) mass is 463 g/mol. The molecule has 1 heterocycles. The Morgan fingerprint density at radius 3 is 2.10 bits per heavy atom. The van der Waals surface area contributed by atoms with Gasteiger partial charge in [0.15, 0.2) is 0 Å². The lowest BCUT2D eigenvalue weighted by Gasteiger charge is -2.40. The van der Waals surface area contributed by atoms with E-state index < -0.39 is 32.7 Å². The average Bonchev–Trinajstić information content (AvgIpc) is 2.86. The van der Waals surface area contributed by atoms with Gasteiger partial charge < -0.3 is 15.2 Å². The van der Waals surface area contributed by atoms with Gasteiger partial charge in [-0.05, 0) is 43.7 Å². The molecule has 0 saturated carbocycles. The Bertz CT molecular complexity index is 1130. The Morgan fingerprint density at radius 2 is 1.61 bits per heavy atom. The second-order valence-electron chi connectivity index (χ2n) is 6.66. The lowest BCUT2D eigenvalue weighted by molar-refractivity contribution is -0.116. The first-order valence-corrected chi connectivity index (χ1v) is 10.5. The number of halogens is 5. The van der Waals surface area contributed by atoms with Crippen LogP contribution in [0.25, 0.3) is 0 Å². The van der Waals surface area contributed by atoms with E-state index in [0.717, 1.165) is 0 Å². The zero-order valence-electron chi connectivity index (χ0n) is 16.6. The molecular weight excluding hydrogens is 445 g/mol. The molecule has 0 radical (unpaired) electrons. The molecule has 1 aromatic carbocycles. The third kappa shape index (κ3) is 5.05. The Hall–Kier alpha value is -3.33. The topological polar surface area (TPSA) is 80.2 Å². The van der Waals surface area contributed by atoms with Gasteiger partial charge in [-0.3, -0.25) is 14.4 Å². The van der Waals surface area contributed by atoms with E-state index in [1.54, 1.807) is 0 Å². The fourth-order valence-corrected chi connectivity index (χ4v) is 3.60. The van der Waals surface area contributed by atoms with Gasteiger partial charge in [0, 0.05) is 18.4 Å². The molecule has 0 aliphatic heterocycles. The number of Topliss-reactive ketones (excluding diaryl/α,β-unsaturated/α-hetero) is 1. The van der Waals surface area contributed by atoms with Crippen LogP contribution in [0.4, 0.5) is 25.1 Å². The molecule has 2 aromatic rings. The lowest BCUT2D eigenvalue weighted by Crippen LogP contribution is -2.31. The van der Waals surface area contributed by atoms with Crippen molar-refractivity contribution in [3.05, 3.63) is 46.8 Å². The number of amides is 2. The normalized spacial score (nSPS) is 13.5. The maximum atomic E-state index is 12.8. The fraction of sp³-hybridized carbons (Fsp3) is 0.211. The van der Waals surface area contributed by atoms with Crippen molar-refractivity contribution in [1.82, 2.24) is 9.88 Å². The summed E-state index contributed by atoms with van der Waals surface area (Å²) in [7, 11) is -8.38. The number of ketones is 1. The van der Waals surface area contributed by atoms with Crippen molar-refractivity contribution < 1.29 is 33.8 Å². The summed E-state index contributed by atoms with van der Waals surface area (Å²) in [5, 5.41) is 4.51. The number of benzene rings is 1. The van der Waals surface area contributed by atoms with Gasteiger partial charge >= 0.3 is 10.2 Å². The highest BCUT2D eigenvalue weighted by Crippen LogP contribution is 3.02. The Morgan fingerprint density at radius 1 is 1.06 bits per heavy atom. The number of anilines is 1. The summed E-state index contributed by atoms with van der Waals surface area (Å²) in [5.74, 6) is -0.549. The van der Waals surface area contributed by atoms with Crippen LogP contribution in [0.5, 0.6) is 0 Å². The Kier molecular flexibility index (Phi) is 5.50. The van der Waals surface area contributed by atoms with Crippen molar-refractivity contribution in [3.63, 3.8) is 0 Å². The SMILES string of the molecule is C#CCNC(=O)C(=O)c1c(C)c(C(=O)Nc2ccc(S(F)(F)(F)(F)F)cc2)n(C)c1C. The van der Waals surface area contributed by atoms with Crippen LogP contribution in [-0.2, 0) is 11.8 Å². The van der Waals surface area contributed by atoms with Gasteiger partial charge in [-0.2, -0.15) is 0 Å². The first-order chi connectivity index (χ1) is 14.0. The van der Waals surface area contributed by atoms with Crippen molar-refractivity contribution in [1.29, 1.82) is 0 Å². The van der Waals surface area contributed by atoms with Crippen LogP contribution < -0.4 is 10.6 Å². The van der Waals surface area contributed by atoms with Crippen LogP contribution in [0, 0.1) is 26.2 Å². The molecule has 2 N–H and O–H groups in total. The average molecular weight is 463 g/mol. The molecule has 0 saturated heterocycles. The highest BCUT2D eigenvalue weighted by atomic mass is 32.5. The molecular formula is C19H18F5N3O3S. The third-order valence-electron chi connectivity index (χ3n) is 4.49. The zero-order valence-corrected chi connectivity index (χ0v) is 17.4. The molecule has 2 rings (SSSR count). The van der Waals surface area contributed by atoms with Crippen molar-refractivity contribution in [2.75, 3.05) is 11.9 Å². The van der Waals surface area contributed by atoms with E-state index in [0.29, 0.717) is 17.8 Å². The molecule has 0 aliphatic rings. The summed E-state index contributed by atoms with van der Waals surface area (Å²) in [6.07, 6.45) is 5.03. The maximum absolute atomic E-state index is 12.8. The highest BCUT2D eigenvalue weighted by Gasteiger charge is 2.65. The second-order valence-corrected chi connectivity index (χ2v) is 9.07. The van der Waals surface area contributed by atoms with Crippen molar-refractivity contribution >= 4 is 33.5 Å². The van der Waals surface area contributed by atoms with E-state index in [9.17, 15) is 33.8 Å². The summed E-state index contributed by atoms with van der Waals surface area (Å²) < 4.78 is 65.4. The van der Waals surface area contributed by atoms with Gasteiger partial charge in [0.1, 0.15) is 10.6 Å². The number of nitrogens with zero attached hydrogens (tertiary/aromatic N) is 1. The van der Waals surface area contributed by atoms with E-state index in [1.807, 2.05) is 0 Å². The van der Waals surface area contributed by atoms with Crippen LogP contribution >= 0.6 is 10.2 Å². The fourth-order valence-electron chi connectivity index (χ4n) is 2.94. The van der Waals surface area contributed by atoms with Crippen LogP contribution in [-0.4, -0.2) is 28.7 Å². The van der Waals surface area contributed by atoms with Gasteiger partial charge in [-0.25, -0.2) is 0 Å². The molecule has 0 fully saturated rings. The second kappa shape index (κ2) is 7.12. The minimum atomic E-state index is -9.83. The molecule has 0 atom stereocenters. The molecule has 2 amide bonds. The van der Waals surface area contributed by atoms with E-state index >= 15 is 0 Å². The number of terminal acetylenes is 1. The molecule has 0 bridgehead atoms. The number of rotatable bonds is 6. The quantitative estimate of drug-likeness (QED) is 0.287. The smallest absolute Gasteiger partial charge is 0.310 e. The summed E-state index contributed by atoms with van der Waals surface area (Å²) in [5.41, 5.74) is 0.205. The Labute approximate surface area is 174 Å². The van der Waals surface area contributed by atoms with Crippen LogP contribution in [0.2, 0.25) is 0 Å². The summed E-state index contributed by atoms with van der Waals surface area (Å²) >= 11 is 0. The predicted molar refractivity (Wildman–Crippen MR) is 107 cm³/mol. The number of nitrogens with one attached hydrogen (secondary N) is 2. The van der Waals surface area contributed by atoms with Crippen molar-refractivity contribution in [3.8, 4) is 12.3 Å². The number of aromatic nitrogens is 1. The molecule has 6 nitrogen and oxygen atoms in total. The number of hydrogen-bond donors (Lipinski definition) is 2. The number of carbonyl (C=O) groups is 3. The minimum absolute atomic E-state index is 0.0292. The predicted octanol–water partition coefficient (Wildman–Crippen LogP) is 4.48. The highest BCUT2D eigenvalue weighted by molar-refractivity contribution is 8.45. The Balaban J connectivity index is 2.34. The standard InChI is InChI=1S/C19H18F5N3O3S/c1-5-10-25-19(30)17(28)15-11(2)16(27(4)12(15)3)18(29)26-13-6-8-14(9-7-13)31(20,21,22,23)24/h1,6-9H,10H2,2-4H3,(H,25,30)(H,26,29). The lowest BCUT2D eigenvalue weighted by atomic mass is 10.0. The van der Waals surface area contributed by atoms with Gasteiger partial charge in [0.2, 0.25) is 0 Å². The minimum Gasteiger partial charge on any atom is -0.343 e. The van der Waals surface area contributed by atoms with Crippen LogP contribution in [0.15, 0.2) is 29.2 Å². The van der Waals surface area contributed by atoms with E-state index in [4.69, 9.17) is 6.42 Å². The molecule has 0 spiro atoms. The summed E-state index contributed by atoms with van der Waals surface area (Å²) in [4.78, 5) is 34.9. The van der Waals surface area contributed by atoms with Crippen molar-refractivity contribution in [2.24, 2.45) is 7.05 Å².